The average molecular weight is 390 g/mol. The van der Waals surface area contributed by atoms with E-state index < -0.39 is 11.8 Å². The van der Waals surface area contributed by atoms with Crippen LogP contribution in [0.15, 0.2) is 48.5 Å². The van der Waals surface area contributed by atoms with Gasteiger partial charge < -0.3 is 10.1 Å². The van der Waals surface area contributed by atoms with Gasteiger partial charge in [0.15, 0.2) is 6.61 Å². The molecule has 0 spiro atoms. The molecule has 2 aromatic rings. The molecule has 8 heteroatoms. The number of benzene rings is 2. The highest BCUT2D eigenvalue weighted by atomic mass is 35.5. The van der Waals surface area contributed by atoms with Gasteiger partial charge in [-0.1, -0.05) is 35.9 Å². The van der Waals surface area contributed by atoms with Gasteiger partial charge in [-0.05, 0) is 36.8 Å². The van der Waals surface area contributed by atoms with Crippen LogP contribution in [0.3, 0.4) is 0 Å². The number of nitrogens with one attached hydrogen (secondary N) is 3. The van der Waals surface area contributed by atoms with Crippen molar-refractivity contribution in [1.82, 2.24) is 10.9 Å². The summed E-state index contributed by atoms with van der Waals surface area (Å²) in [6.45, 7) is 1.67. The van der Waals surface area contributed by atoms with Gasteiger partial charge in [-0.3, -0.25) is 25.2 Å². The second-order valence-electron chi connectivity index (χ2n) is 5.73. The van der Waals surface area contributed by atoms with Crippen molar-refractivity contribution in [3.8, 4) is 5.75 Å². The van der Waals surface area contributed by atoms with Crippen LogP contribution in [0.5, 0.6) is 5.75 Å². The first-order valence-electron chi connectivity index (χ1n) is 8.25. The molecular formula is C19H20ClN3O4. The van der Waals surface area contributed by atoms with Crippen molar-refractivity contribution in [3.05, 3.63) is 59.1 Å². The largest absolute Gasteiger partial charge is 0.484 e. The van der Waals surface area contributed by atoms with E-state index in [1.807, 2.05) is 19.1 Å². The Morgan fingerprint density at radius 1 is 0.926 bits per heavy atom. The van der Waals surface area contributed by atoms with Crippen molar-refractivity contribution in [1.29, 1.82) is 0 Å². The van der Waals surface area contributed by atoms with Gasteiger partial charge in [0, 0.05) is 12.8 Å². The van der Waals surface area contributed by atoms with Crippen LogP contribution in [0.4, 0.5) is 5.69 Å². The molecule has 0 aliphatic carbocycles. The summed E-state index contributed by atoms with van der Waals surface area (Å²) < 4.78 is 5.32. The minimum Gasteiger partial charge on any atom is -0.484 e. The molecule has 0 fully saturated rings. The zero-order chi connectivity index (χ0) is 19.6. The molecule has 2 aromatic carbocycles. The molecule has 0 unspecified atom stereocenters. The van der Waals surface area contributed by atoms with E-state index in [1.165, 1.54) is 0 Å². The lowest BCUT2D eigenvalue weighted by Gasteiger charge is -2.09. The molecule has 142 valence electrons. The molecule has 0 aliphatic rings. The summed E-state index contributed by atoms with van der Waals surface area (Å²) in [5.74, 6) is -0.793. The highest BCUT2D eigenvalue weighted by molar-refractivity contribution is 6.33. The molecule has 0 radical (unpaired) electrons. The monoisotopic (exact) mass is 389 g/mol. The van der Waals surface area contributed by atoms with Gasteiger partial charge in [-0.2, -0.15) is 0 Å². The van der Waals surface area contributed by atoms with Gasteiger partial charge in [0.1, 0.15) is 5.75 Å². The molecule has 3 N–H and O–H groups in total. The number of hydrogen-bond acceptors (Lipinski definition) is 4. The third kappa shape index (κ3) is 7.37. The van der Waals surface area contributed by atoms with Gasteiger partial charge in [-0.25, -0.2) is 0 Å². The molecule has 3 amide bonds. The molecule has 0 atom stereocenters. The van der Waals surface area contributed by atoms with E-state index in [9.17, 15) is 14.4 Å². The predicted octanol–water partition coefficient (Wildman–Crippen LogP) is 2.59. The standard InChI is InChI=1S/C19H20ClN3O4/c1-13-5-4-6-14(11-13)27-12-19(26)23-22-18(25)10-9-17(24)21-16-8-3-2-7-15(16)20/h2-8,11H,9-10,12H2,1H3,(H,21,24)(H,22,25)(H,23,26). The van der Waals surface area contributed by atoms with E-state index in [1.54, 1.807) is 36.4 Å². The van der Waals surface area contributed by atoms with Crippen LogP contribution in [-0.2, 0) is 14.4 Å². The van der Waals surface area contributed by atoms with Crippen molar-refractivity contribution in [2.75, 3.05) is 11.9 Å². The smallest absolute Gasteiger partial charge is 0.276 e. The Morgan fingerprint density at radius 3 is 2.37 bits per heavy atom. The third-order valence-electron chi connectivity index (χ3n) is 3.43. The lowest BCUT2D eigenvalue weighted by atomic mass is 10.2. The van der Waals surface area contributed by atoms with Crippen LogP contribution in [-0.4, -0.2) is 24.3 Å². The molecular weight excluding hydrogens is 370 g/mol. The number of rotatable bonds is 7. The Morgan fingerprint density at radius 2 is 1.63 bits per heavy atom. The third-order valence-corrected chi connectivity index (χ3v) is 3.76. The number of carbonyl (C=O) groups is 3. The summed E-state index contributed by atoms with van der Waals surface area (Å²) >= 11 is 5.94. The summed E-state index contributed by atoms with van der Waals surface area (Å²) in [6, 6.07) is 14.1. The Bertz CT molecular complexity index is 826. The van der Waals surface area contributed by atoms with Gasteiger partial charge in [-0.15, -0.1) is 0 Å². The van der Waals surface area contributed by atoms with E-state index in [4.69, 9.17) is 16.3 Å². The van der Waals surface area contributed by atoms with Crippen molar-refractivity contribution < 1.29 is 19.1 Å². The number of amides is 3. The molecule has 7 nitrogen and oxygen atoms in total. The molecule has 2 rings (SSSR count). The quantitative estimate of drug-likeness (QED) is 0.634. The summed E-state index contributed by atoms with van der Waals surface area (Å²) in [4.78, 5) is 35.2. The molecule has 0 aliphatic heterocycles. The number of hydrogen-bond donors (Lipinski definition) is 3. The maximum absolute atomic E-state index is 11.8. The second kappa shape index (κ2) is 10.2. The van der Waals surface area contributed by atoms with E-state index >= 15 is 0 Å². The van der Waals surface area contributed by atoms with Crippen LogP contribution >= 0.6 is 11.6 Å². The van der Waals surface area contributed by atoms with Crippen LogP contribution in [0, 0.1) is 6.92 Å². The number of ether oxygens (including phenoxy) is 1. The topological polar surface area (TPSA) is 96.5 Å². The fourth-order valence-corrected chi connectivity index (χ4v) is 2.28. The Hall–Kier alpha value is -3.06. The first kappa shape index (κ1) is 20.3. The Labute approximate surface area is 162 Å². The molecule has 0 saturated carbocycles. The molecule has 27 heavy (non-hydrogen) atoms. The number of aryl methyl sites for hydroxylation is 1. The fourth-order valence-electron chi connectivity index (χ4n) is 2.09. The summed E-state index contributed by atoms with van der Waals surface area (Å²) in [5.41, 5.74) is 5.96. The van der Waals surface area contributed by atoms with E-state index in [-0.39, 0.29) is 25.4 Å². The van der Waals surface area contributed by atoms with Gasteiger partial charge in [0.05, 0.1) is 10.7 Å². The summed E-state index contributed by atoms with van der Waals surface area (Å²) in [5, 5.41) is 3.03. The van der Waals surface area contributed by atoms with Crippen LogP contribution in [0.25, 0.3) is 0 Å². The number of carbonyl (C=O) groups excluding carboxylic acids is 3. The summed E-state index contributed by atoms with van der Waals surface area (Å²) in [6.07, 6.45) is -0.137. The highest BCUT2D eigenvalue weighted by Crippen LogP contribution is 2.20. The minimum atomic E-state index is -0.509. The van der Waals surface area contributed by atoms with Crippen molar-refractivity contribution in [2.24, 2.45) is 0 Å². The maximum Gasteiger partial charge on any atom is 0.276 e. The lowest BCUT2D eigenvalue weighted by molar-refractivity contribution is -0.130. The van der Waals surface area contributed by atoms with E-state index in [0.29, 0.717) is 16.5 Å². The van der Waals surface area contributed by atoms with E-state index in [2.05, 4.69) is 16.2 Å². The molecule has 0 heterocycles. The minimum absolute atomic E-state index is 0.0489. The number of hydrazine groups is 1. The SMILES string of the molecule is Cc1cccc(OCC(=O)NNC(=O)CCC(=O)Nc2ccccc2Cl)c1. The van der Waals surface area contributed by atoms with Gasteiger partial charge >= 0.3 is 0 Å². The first-order valence-corrected chi connectivity index (χ1v) is 8.63. The predicted molar refractivity (Wildman–Crippen MR) is 102 cm³/mol. The molecule has 0 saturated heterocycles. The van der Waals surface area contributed by atoms with Crippen LogP contribution in [0.2, 0.25) is 5.02 Å². The second-order valence-corrected chi connectivity index (χ2v) is 6.14. The number of halogens is 1. The lowest BCUT2D eigenvalue weighted by Crippen LogP contribution is -2.44. The van der Waals surface area contributed by atoms with E-state index in [0.717, 1.165) is 5.56 Å². The Balaban J connectivity index is 1.64. The first-order chi connectivity index (χ1) is 12.9. The Kier molecular flexibility index (Phi) is 7.63. The normalized spacial score (nSPS) is 10.0. The van der Waals surface area contributed by atoms with Gasteiger partial charge in [0.2, 0.25) is 11.8 Å². The summed E-state index contributed by atoms with van der Waals surface area (Å²) in [7, 11) is 0. The maximum atomic E-state index is 11.8. The average Bonchev–Trinajstić information content (AvgIpc) is 2.65. The fraction of sp³-hybridized carbons (Fsp3) is 0.211. The van der Waals surface area contributed by atoms with Crippen molar-refractivity contribution >= 4 is 35.0 Å². The number of anilines is 1. The van der Waals surface area contributed by atoms with Gasteiger partial charge in [0.25, 0.3) is 5.91 Å². The number of para-hydroxylation sites is 1. The highest BCUT2D eigenvalue weighted by Gasteiger charge is 2.10. The van der Waals surface area contributed by atoms with Crippen molar-refractivity contribution in [3.63, 3.8) is 0 Å². The van der Waals surface area contributed by atoms with Crippen LogP contribution < -0.4 is 20.9 Å². The van der Waals surface area contributed by atoms with Crippen LogP contribution in [0.1, 0.15) is 18.4 Å². The van der Waals surface area contributed by atoms with Crippen molar-refractivity contribution in [2.45, 2.75) is 19.8 Å². The molecule has 0 aromatic heterocycles. The zero-order valence-corrected chi connectivity index (χ0v) is 15.5. The molecule has 0 bridgehead atoms. The zero-order valence-electron chi connectivity index (χ0n) is 14.8.